The Morgan fingerprint density at radius 2 is 2.15 bits per heavy atom. The van der Waals surface area contributed by atoms with Crippen molar-refractivity contribution in [1.29, 1.82) is 0 Å². The van der Waals surface area contributed by atoms with Gasteiger partial charge in [-0.1, -0.05) is 25.1 Å². The van der Waals surface area contributed by atoms with Crippen LogP contribution in [0.25, 0.3) is 0 Å². The van der Waals surface area contributed by atoms with Crippen molar-refractivity contribution < 1.29 is 9.47 Å². The van der Waals surface area contributed by atoms with Gasteiger partial charge in [0.15, 0.2) is 0 Å². The summed E-state index contributed by atoms with van der Waals surface area (Å²) in [7, 11) is 0. The van der Waals surface area contributed by atoms with Gasteiger partial charge >= 0.3 is 0 Å². The molecule has 1 N–H and O–H groups in total. The van der Waals surface area contributed by atoms with Gasteiger partial charge in [-0.3, -0.25) is 0 Å². The molecule has 1 aliphatic carbocycles. The van der Waals surface area contributed by atoms with Crippen LogP contribution < -0.4 is 5.32 Å². The second kappa shape index (κ2) is 6.70. The number of benzene rings is 1. The van der Waals surface area contributed by atoms with Crippen molar-refractivity contribution in [2.24, 2.45) is 0 Å². The molecule has 3 nitrogen and oxygen atoms in total. The largest absolute Gasteiger partial charge is 0.376 e. The van der Waals surface area contributed by atoms with Gasteiger partial charge in [0.05, 0.1) is 25.9 Å². The number of likely N-dealkylation sites (N-methyl/N-ethyl adjacent to an activating group) is 1. The first-order valence-corrected chi connectivity index (χ1v) is 7.90. The van der Waals surface area contributed by atoms with Crippen molar-refractivity contribution >= 4 is 0 Å². The normalized spacial score (nSPS) is 23.6. The summed E-state index contributed by atoms with van der Waals surface area (Å²) < 4.78 is 11.4. The SMILES string of the molecule is CCNC(Cc1ccc2c(c1)CCC2)C1COCCO1. The summed E-state index contributed by atoms with van der Waals surface area (Å²) in [6.07, 6.45) is 5.02. The Morgan fingerprint density at radius 3 is 2.95 bits per heavy atom. The zero-order valence-electron chi connectivity index (χ0n) is 12.4. The summed E-state index contributed by atoms with van der Waals surface area (Å²) in [5.74, 6) is 0. The highest BCUT2D eigenvalue weighted by atomic mass is 16.6. The second-order valence-electron chi connectivity index (χ2n) is 5.81. The minimum atomic E-state index is 0.178. The van der Waals surface area contributed by atoms with Gasteiger partial charge in [-0.05, 0) is 48.9 Å². The lowest BCUT2D eigenvalue weighted by atomic mass is 9.98. The van der Waals surface area contributed by atoms with Crippen molar-refractivity contribution in [3.05, 3.63) is 34.9 Å². The van der Waals surface area contributed by atoms with Gasteiger partial charge in [0.1, 0.15) is 0 Å². The standard InChI is InChI=1S/C17H25NO2/c1-2-18-16(17-12-19-8-9-20-17)11-13-6-7-14-4-3-5-15(14)10-13/h6-7,10,16-18H,2-5,8-9,11-12H2,1H3. The number of rotatable bonds is 5. The number of fused-ring (bicyclic) bond motifs is 1. The Hall–Kier alpha value is -0.900. The molecule has 110 valence electrons. The van der Waals surface area contributed by atoms with Gasteiger partial charge in [-0.2, -0.15) is 0 Å². The summed E-state index contributed by atoms with van der Waals surface area (Å²) in [5.41, 5.74) is 4.52. The minimum absolute atomic E-state index is 0.178. The van der Waals surface area contributed by atoms with E-state index in [1.807, 2.05) is 0 Å². The molecule has 0 amide bonds. The maximum absolute atomic E-state index is 5.87. The predicted molar refractivity (Wildman–Crippen MR) is 80.2 cm³/mol. The van der Waals surface area contributed by atoms with E-state index in [9.17, 15) is 0 Å². The Bertz CT molecular complexity index is 441. The van der Waals surface area contributed by atoms with Gasteiger partial charge in [0.2, 0.25) is 0 Å². The number of hydrogen-bond acceptors (Lipinski definition) is 3. The molecule has 3 heteroatoms. The number of hydrogen-bond donors (Lipinski definition) is 1. The summed E-state index contributed by atoms with van der Waals surface area (Å²) in [5, 5.41) is 3.56. The molecule has 1 saturated heterocycles. The molecule has 1 aromatic rings. The molecule has 1 heterocycles. The highest BCUT2D eigenvalue weighted by Crippen LogP contribution is 2.24. The quantitative estimate of drug-likeness (QED) is 0.893. The highest BCUT2D eigenvalue weighted by molar-refractivity contribution is 5.35. The van der Waals surface area contributed by atoms with E-state index in [1.165, 1.54) is 24.8 Å². The Morgan fingerprint density at radius 1 is 1.25 bits per heavy atom. The van der Waals surface area contributed by atoms with Crippen LogP contribution in [0.5, 0.6) is 0 Å². The molecule has 0 bridgehead atoms. The van der Waals surface area contributed by atoms with Crippen LogP contribution in [0.4, 0.5) is 0 Å². The molecule has 2 unspecified atom stereocenters. The monoisotopic (exact) mass is 275 g/mol. The molecule has 0 aromatic heterocycles. The molecule has 20 heavy (non-hydrogen) atoms. The Balaban J connectivity index is 1.68. The van der Waals surface area contributed by atoms with E-state index < -0.39 is 0 Å². The van der Waals surface area contributed by atoms with E-state index in [4.69, 9.17) is 9.47 Å². The first-order valence-electron chi connectivity index (χ1n) is 7.90. The molecule has 2 atom stereocenters. The van der Waals surface area contributed by atoms with Gasteiger partial charge in [0.25, 0.3) is 0 Å². The van der Waals surface area contributed by atoms with E-state index in [2.05, 4.69) is 30.4 Å². The van der Waals surface area contributed by atoms with Crippen LogP contribution in [0.2, 0.25) is 0 Å². The summed E-state index contributed by atoms with van der Waals surface area (Å²) in [6, 6.07) is 7.35. The summed E-state index contributed by atoms with van der Waals surface area (Å²) in [4.78, 5) is 0. The number of ether oxygens (including phenoxy) is 2. The van der Waals surface area contributed by atoms with E-state index in [-0.39, 0.29) is 6.10 Å². The van der Waals surface area contributed by atoms with Crippen LogP contribution in [0, 0.1) is 0 Å². The third-order valence-electron chi connectivity index (χ3n) is 4.38. The molecule has 2 aliphatic rings. The summed E-state index contributed by atoms with van der Waals surface area (Å²) in [6.45, 7) is 5.28. The van der Waals surface area contributed by atoms with Crippen LogP contribution >= 0.6 is 0 Å². The lowest BCUT2D eigenvalue weighted by Crippen LogP contribution is -2.47. The van der Waals surface area contributed by atoms with Crippen LogP contribution in [-0.4, -0.2) is 38.5 Å². The molecular formula is C17H25NO2. The van der Waals surface area contributed by atoms with Crippen LogP contribution in [0.3, 0.4) is 0 Å². The van der Waals surface area contributed by atoms with Crippen molar-refractivity contribution in [2.45, 2.75) is 44.8 Å². The van der Waals surface area contributed by atoms with Crippen LogP contribution in [0.15, 0.2) is 18.2 Å². The summed E-state index contributed by atoms with van der Waals surface area (Å²) >= 11 is 0. The molecule has 1 aromatic carbocycles. The molecule has 0 saturated carbocycles. The maximum Gasteiger partial charge on any atom is 0.0965 e. The third-order valence-corrected chi connectivity index (χ3v) is 4.38. The average Bonchev–Trinajstić information content (AvgIpc) is 2.95. The van der Waals surface area contributed by atoms with Crippen molar-refractivity contribution in [1.82, 2.24) is 5.32 Å². The van der Waals surface area contributed by atoms with E-state index in [0.717, 1.165) is 26.2 Å². The van der Waals surface area contributed by atoms with Gasteiger partial charge in [0, 0.05) is 6.04 Å². The molecule has 0 spiro atoms. The highest BCUT2D eigenvalue weighted by Gasteiger charge is 2.25. The van der Waals surface area contributed by atoms with E-state index >= 15 is 0 Å². The topological polar surface area (TPSA) is 30.5 Å². The van der Waals surface area contributed by atoms with Gasteiger partial charge in [-0.15, -0.1) is 0 Å². The Kier molecular flexibility index (Phi) is 4.71. The van der Waals surface area contributed by atoms with Crippen molar-refractivity contribution in [3.8, 4) is 0 Å². The third kappa shape index (κ3) is 3.22. The Labute approximate surface area is 121 Å². The number of nitrogens with one attached hydrogen (secondary N) is 1. The number of aryl methyl sites for hydroxylation is 2. The van der Waals surface area contributed by atoms with Crippen molar-refractivity contribution in [2.75, 3.05) is 26.4 Å². The first-order chi connectivity index (χ1) is 9.86. The van der Waals surface area contributed by atoms with Crippen molar-refractivity contribution in [3.63, 3.8) is 0 Å². The second-order valence-corrected chi connectivity index (χ2v) is 5.81. The molecule has 3 rings (SSSR count). The predicted octanol–water partition coefficient (Wildman–Crippen LogP) is 2.11. The molecule has 1 aliphatic heterocycles. The fourth-order valence-electron chi connectivity index (χ4n) is 3.34. The van der Waals surface area contributed by atoms with Gasteiger partial charge < -0.3 is 14.8 Å². The molecule has 0 radical (unpaired) electrons. The fourth-order valence-corrected chi connectivity index (χ4v) is 3.34. The van der Waals surface area contributed by atoms with Crippen LogP contribution in [0.1, 0.15) is 30.0 Å². The smallest absolute Gasteiger partial charge is 0.0965 e. The molecule has 1 fully saturated rings. The lowest BCUT2D eigenvalue weighted by Gasteiger charge is -2.31. The van der Waals surface area contributed by atoms with E-state index in [1.54, 1.807) is 11.1 Å². The maximum atomic E-state index is 5.87. The van der Waals surface area contributed by atoms with Gasteiger partial charge in [-0.25, -0.2) is 0 Å². The average molecular weight is 275 g/mol. The first kappa shape index (κ1) is 14.1. The molecular weight excluding hydrogens is 250 g/mol. The zero-order valence-corrected chi connectivity index (χ0v) is 12.4. The zero-order chi connectivity index (χ0) is 13.8. The fraction of sp³-hybridized carbons (Fsp3) is 0.647. The van der Waals surface area contributed by atoms with E-state index in [0.29, 0.717) is 12.6 Å². The lowest BCUT2D eigenvalue weighted by molar-refractivity contribution is -0.101. The minimum Gasteiger partial charge on any atom is -0.376 e. The van der Waals surface area contributed by atoms with Crippen LogP contribution in [-0.2, 0) is 28.7 Å².